The lowest BCUT2D eigenvalue weighted by molar-refractivity contribution is 0.420. The van der Waals surface area contributed by atoms with Crippen molar-refractivity contribution < 1.29 is 0 Å². The van der Waals surface area contributed by atoms with Crippen LogP contribution < -0.4 is 0 Å². The molecular formula is C12H16S. The van der Waals surface area contributed by atoms with Crippen molar-refractivity contribution >= 4 is 17.4 Å². The van der Waals surface area contributed by atoms with E-state index in [2.05, 4.69) is 29.7 Å². The Morgan fingerprint density at radius 3 is 2.77 bits per heavy atom. The molecule has 0 aromatic carbocycles. The second-order valence-electron chi connectivity index (χ2n) is 3.77. The fraction of sp³-hybridized carbons (Fsp3) is 0.500. The number of rotatable bonds is 2. The molecule has 0 amide bonds. The number of thiophene rings is 1. The quantitative estimate of drug-likeness (QED) is 0.654. The second kappa shape index (κ2) is 4.61. The van der Waals surface area contributed by atoms with E-state index in [-0.39, 0.29) is 0 Å². The van der Waals surface area contributed by atoms with Crippen LogP contribution in [0.15, 0.2) is 23.6 Å². The molecule has 0 bridgehead atoms. The van der Waals surface area contributed by atoms with Gasteiger partial charge in [-0.25, -0.2) is 0 Å². The van der Waals surface area contributed by atoms with Gasteiger partial charge in [0.1, 0.15) is 0 Å². The predicted octanol–water partition coefficient (Wildman–Crippen LogP) is 4.34. The molecule has 1 aliphatic rings. The molecule has 1 aromatic rings. The van der Waals surface area contributed by atoms with Crippen LogP contribution in [0.1, 0.15) is 37.0 Å². The van der Waals surface area contributed by atoms with Crippen LogP contribution in [0.3, 0.4) is 0 Å². The van der Waals surface area contributed by atoms with Gasteiger partial charge in [-0.3, -0.25) is 0 Å². The van der Waals surface area contributed by atoms with Crippen molar-refractivity contribution in [3.63, 3.8) is 0 Å². The molecule has 0 radical (unpaired) electrons. The van der Waals surface area contributed by atoms with E-state index in [1.165, 1.54) is 37.0 Å². The Bertz CT molecular complexity index is 253. The molecule has 0 N–H and O–H groups in total. The molecule has 2 rings (SSSR count). The zero-order valence-electron chi connectivity index (χ0n) is 7.91. The molecule has 0 spiro atoms. The standard InChI is InChI=1S/C12H16S/c1-2-5-11(6-3-1)8-9-12-7-4-10-13-12/h4,7-11H,1-3,5-6H2/b9-8+. The lowest BCUT2D eigenvalue weighted by Crippen LogP contribution is -2.02. The number of hydrogen-bond donors (Lipinski definition) is 0. The van der Waals surface area contributed by atoms with E-state index in [4.69, 9.17) is 0 Å². The van der Waals surface area contributed by atoms with Crippen molar-refractivity contribution in [3.05, 3.63) is 28.5 Å². The molecular weight excluding hydrogens is 176 g/mol. The summed E-state index contributed by atoms with van der Waals surface area (Å²) in [4.78, 5) is 1.39. The summed E-state index contributed by atoms with van der Waals surface area (Å²) < 4.78 is 0. The summed E-state index contributed by atoms with van der Waals surface area (Å²) in [6, 6.07) is 4.30. The Labute approximate surface area is 84.3 Å². The van der Waals surface area contributed by atoms with Gasteiger partial charge in [-0.2, -0.15) is 0 Å². The Morgan fingerprint density at radius 1 is 1.23 bits per heavy atom. The summed E-state index contributed by atoms with van der Waals surface area (Å²) >= 11 is 1.82. The first kappa shape index (κ1) is 9.01. The summed E-state index contributed by atoms with van der Waals surface area (Å²) in [6.45, 7) is 0. The normalized spacial score (nSPS) is 19.7. The Balaban J connectivity index is 1.89. The minimum atomic E-state index is 0.857. The molecule has 70 valence electrons. The van der Waals surface area contributed by atoms with Gasteiger partial charge in [0.2, 0.25) is 0 Å². The van der Waals surface area contributed by atoms with E-state index in [9.17, 15) is 0 Å². The summed E-state index contributed by atoms with van der Waals surface area (Å²) in [7, 11) is 0. The number of allylic oxidation sites excluding steroid dienone is 1. The van der Waals surface area contributed by atoms with Crippen LogP contribution >= 0.6 is 11.3 Å². The first-order valence-corrected chi connectivity index (χ1v) is 6.05. The van der Waals surface area contributed by atoms with Gasteiger partial charge < -0.3 is 0 Å². The SMILES string of the molecule is C(=C\C1CCCCC1)/c1cccs1. The maximum absolute atomic E-state index is 2.41. The fourth-order valence-corrected chi connectivity index (χ4v) is 2.57. The first-order chi connectivity index (χ1) is 6.45. The molecule has 1 saturated carbocycles. The second-order valence-corrected chi connectivity index (χ2v) is 4.75. The topological polar surface area (TPSA) is 0 Å². The fourth-order valence-electron chi connectivity index (χ4n) is 1.94. The average molecular weight is 192 g/mol. The van der Waals surface area contributed by atoms with E-state index in [0.29, 0.717) is 0 Å². The minimum absolute atomic E-state index is 0.857. The zero-order valence-corrected chi connectivity index (χ0v) is 8.72. The lowest BCUT2D eigenvalue weighted by atomic mass is 9.89. The molecule has 0 saturated heterocycles. The van der Waals surface area contributed by atoms with E-state index in [0.717, 1.165) is 5.92 Å². The van der Waals surface area contributed by atoms with E-state index < -0.39 is 0 Å². The predicted molar refractivity (Wildman–Crippen MR) is 59.9 cm³/mol. The Kier molecular flexibility index (Phi) is 3.20. The summed E-state index contributed by atoms with van der Waals surface area (Å²) in [6.07, 6.45) is 11.8. The molecule has 1 aromatic heterocycles. The van der Waals surface area contributed by atoms with Crippen molar-refractivity contribution in [1.29, 1.82) is 0 Å². The van der Waals surface area contributed by atoms with Crippen molar-refractivity contribution in [2.75, 3.05) is 0 Å². The highest BCUT2D eigenvalue weighted by atomic mass is 32.1. The van der Waals surface area contributed by atoms with Crippen LogP contribution in [-0.4, -0.2) is 0 Å². The highest BCUT2D eigenvalue weighted by molar-refractivity contribution is 7.10. The van der Waals surface area contributed by atoms with Gasteiger partial charge >= 0.3 is 0 Å². The van der Waals surface area contributed by atoms with E-state index in [1.54, 1.807) is 0 Å². The third-order valence-electron chi connectivity index (χ3n) is 2.73. The van der Waals surface area contributed by atoms with Crippen molar-refractivity contribution in [3.8, 4) is 0 Å². The van der Waals surface area contributed by atoms with E-state index in [1.807, 2.05) is 11.3 Å². The maximum Gasteiger partial charge on any atom is 0.0267 e. The molecule has 1 heteroatoms. The largest absolute Gasteiger partial charge is 0.144 e. The van der Waals surface area contributed by atoms with Crippen LogP contribution in [-0.2, 0) is 0 Å². The molecule has 0 nitrogen and oxygen atoms in total. The molecule has 1 aliphatic carbocycles. The van der Waals surface area contributed by atoms with Crippen molar-refractivity contribution in [2.24, 2.45) is 5.92 Å². The van der Waals surface area contributed by atoms with Crippen LogP contribution in [0.2, 0.25) is 0 Å². The minimum Gasteiger partial charge on any atom is -0.144 e. The van der Waals surface area contributed by atoms with Gasteiger partial charge in [0.15, 0.2) is 0 Å². The van der Waals surface area contributed by atoms with Gasteiger partial charge in [-0.05, 0) is 36.3 Å². The summed E-state index contributed by atoms with van der Waals surface area (Å²) in [5.74, 6) is 0.857. The Hall–Kier alpha value is -0.560. The molecule has 1 fully saturated rings. The molecule has 0 unspecified atom stereocenters. The average Bonchev–Trinajstić information content (AvgIpc) is 2.69. The van der Waals surface area contributed by atoms with Crippen molar-refractivity contribution in [2.45, 2.75) is 32.1 Å². The van der Waals surface area contributed by atoms with Crippen LogP contribution in [0.4, 0.5) is 0 Å². The zero-order chi connectivity index (χ0) is 8.93. The Morgan fingerprint density at radius 2 is 2.08 bits per heavy atom. The highest BCUT2D eigenvalue weighted by Crippen LogP contribution is 2.25. The van der Waals surface area contributed by atoms with Gasteiger partial charge in [-0.15, -0.1) is 11.3 Å². The molecule has 0 aliphatic heterocycles. The third kappa shape index (κ3) is 2.70. The molecule has 13 heavy (non-hydrogen) atoms. The van der Waals surface area contributed by atoms with Crippen LogP contribution in [0.5, 0.6) is 0 Å². The monoisotopic (exact) mass is 192 g/mol. The third-order valence-corrected chi connectivity index (χ3v) is 3.56. The van der Waals surface area contributed by atoms with Gasteiger partial charge in [0.05, 0.1) is 0 Å². The molecule has 0 atom stereocenters. The van der Waals surface area contributed by atoms with Gasteiger partial charge in [0, 0.05) is 4.88 Å². The van der Waals surface area contributed by atoms with Gasteiger partial charge in [-0.1, -0.05) is 31.4 Å². The van der Waals surface area contributed by atoms with E-state index >= 15 is 0 Å². The smallest absolute Gasteiger partial charge is 0.0267 e. The van der Waals surface area contributed by atoms with Crippen LogP contribution in [0, 0.1) is 5.92 Å². The van der Waals surface area contributed by atoms with Crippen molar-refractivity contribution in [1.82, 2.24) is 0 Å². The lowest BCUT2D eigenvalue weighted by Gasteiger charge is -2.17. The number of hydrogen-bond acceptors (Lipinski definition) is 1. The summed E-state index contributed by atoms with van der Waals surface area (Å²) in [5, 5.41) is 2.14. The summed E-state index contributed by atoms with van der Waals surface area (Å²) in [5.41, 5.74) is 0. The highest BCUT2D eigenvalue weighted by Gasteiger charge is 2.09. The van der Waals surface area contributed by atoms with Crippen LogP contribution in [0.25, 0.3) is 6.08 Å². The molecule has 1 heterocycles. The van der Waals surface area contributed by atoms with Gasteiger partial charge in [0.25, 0.3) is 0 Å². The maximum atomic E-state index is 2.41. The first-order valence-electron chi connectivity index (χ1n) is 5.17.